The number of ether oxygens (including phenoxy) is 1. The Morgan fingerprint density at radius 1 is 1.48 bits per heavy atom. The van der Waals surface area contributed by atoms with Crippen molar-refractivity contribution in [1.29, 1.82) is 0 Å². The highest BCUT2D eigenvalue weighted by Gasteiger charge is 2.30. The van der Waals surface area contributed by atoms with Gasteiger partial charge in [-0.25, -0.2) is 4.98 Å². The topological polar surface area (TPSA) is 73.1 Å². The average Bonchev–Trinajstić information content (AvgIpc) is 2.95. The molecule has 2 aromatic rings. The van der Waals surface area contributed by atoms with Gasteiger partial charge in [0.25, 0.3) is 0 Å². The van der Waals surface area contributed by atoms with Crippen molar-refractivity contribution in [2.24, 2.45) is 0 Å². The van der Waals surface area contributed by atoms with Crippen LogP contribution < -0.4 is 11.1 Å². The average molecular weight is 324 g/mol. The predicted molar refractivity (Wildman–Crippen MR) is 89.0 cm³/mol. The second-order valence-corrected chi connectivity index (χ2v) is 7.80. The van der Waals surface area contributed by atoms with Gasteiger partial charge in [0, 0.05) is 18.0 Å². The number of hydrogen-bond acceptors (Lipinski definition) is 7. The minimum absolute atomic E-state index is 0.0798. The van der Waals surface area contributed by atoms with Gasteiger partial charge < -0.3 is 15.8 Å². The van der Waals surface area contributed by atoms with Crippen molar-refractivity contribution in [3.63, 3.8) is 0 Å². The zero-order chi connectivity index (χ0) is 15.0. The molecule has 0 aromatic carbocycles. The molecule has 0 amide bonds. The van der Waals surface area contributed by atoms with E-state index in [0.717, 1.165) is 40.7 Å². The lowest BCUT2D eigenvalue weighted by Crippen LogP contribution is -2.40. The fourth-order valence-corrected chi connectivity index (χ4v) is 4.07. The van der Waals surface area contributed by atoms with Crippen LogP contribution >= 0.6 is 22.9 Å². The Balaban J connectivity index is 1.83. The molecule has 0 spiro atoms. The maximum atomic E-state index is 6.04. The molecule has 5 nitrogen and oxygen atoms in total. The molecule has 114 valence electrons. The Hall–Kier alpha value is -1.18. The summed E-state index contributed by atoms with van der Waals surface area (Å²) in [5.41, 5.74) is 7.81. The zero-order valence-electron chi connectivity index (χ0n) is 12.5. The molecule has 1 fully saturated rings. The molecule has 0 aliphatic carbocycles. The molecule has 1 unspecified atom stereocenters. The van der Waals surface area contributed by atoms with Crippen molar-refractivity contribution in [3.05, 3.63) is 10.4 Å². The first-order valence-electron chi connectivity index (χ1n) is 7.03. The maximum absolute atomic E-state index is 6.04. The molecule has 3 rings (SSSR count). The minimum Gasteiger partial charge on any atom is -0.382 e. The van der Waals surface area contributed by atoms with Crippen LogP contribution in [0.25, 0.3) is 11.3 Å². The summed E-state index contributed by atoms with van der Waals surface area (Å²) in [5.74, 6) is 0.555. The van der Waals surface area contributed by atoms with E-state index in [1.54, 1.807) is 11.3 Å². The number of hydrogen-bond donors (Lipinski definition) is 2. The highest BCUT2D eigenvalue weighted by Crippen LogP contribution is 2.38. The third-order valence-corrected chi connectivity index (χ3v) is 5.19. The summed E-state index contributed by atoms with van der Waals surface area (Å²) in [4.78, 5) is 4.54. The molecular weight excluding hydrogens is 304 g/mol. The van der Waals surface area contributed by atoms with E-state index in [4.69, 9.17) is 10.5 Å². The number of nitrogens with two attached hydrogens (primary N) is 1. The molecule has 1 atom stereocenters. The SMILES string of the molecule is Cc1nc(-c2c(N)nsc2NC2CCOC(C)(C)C2)cs1. The Morgan fingerprint density at radius 2 is 2.29 bits per heavy atom. The number of anilines is 2. The van der Waals surface area contributed by atoms with Crippen LogP contribution in [0.2, 0.25) is 0 Å². The minimum atomic E-state index is -0.0798. The molecule has 0 bridgehead atoms. The molecule has 1 saturated heterocycles. The number of aryl methyl sites for hydroxylation is 1. The first kappa shape index (κ1) is 14.7. The largest absolute Gasteiger partial charge is 0.382 e. The van der Waals surface area contributed by atoms with E-state index >= 15 is 0 Å². The van der Waals surface area contributed by atoms with Crippen LogP contribution in [0.1, 0.15) is 31.7 Å². The second kappa shape index (κ2) is 5.55. The quantitative estimate of drug-likeness (QED) is 0.903. The molecule has 3 heterocycles. The molecule has 2 aromatic heterocycles. The summed E-state index contributed by atoms with van der Waals surface area (Å²) in [6.07, 6.45) is 1.97. The van der Waals surface area contributed by atoms with E-state index in [9.17, 15) is 0 Å². The van der Waals surface area contributed by atoms with Gasteiger partial charge >= 0.3 is 0 Å². The van der Waals surface area contributed by atoms with Crippen molar-refractivity contribution in [1.82, 2.24) is 9.36 Å². The Bertz CT molecular complexity index is 635. The van der Waals surface area contributed by atoms with Crippen molar-refractivity contribution in [3.8, 4) is 11.3 Å². The lowest BCUT2D eigenvalue weighted by atomic mass is 9.94. The molecular formula is C14H20N4OS2. The lowest BCUT2D eigenvalue weighted by molar-refractivity contribution is -0.0552. The summed E-state index contributed by atoms with van der Waals surface area (Å²) in [6.45, 7) is 7.04. The van der Waals surface area contributed by atoms with Gasteiger partial charge in [-0.15, -0.1) is 11.3 Å². The predicted octanol–water partition coefficient (Wildman–Crippen LogP) is 3.53. The summed E-state index contributed by atoms with van der Waals surface area (Å²) in [7, 11) is 0. The summed E-state index contributed by atoms with van der Waals surface area (Å²) < 4.78 is 10.1. The van der Waals surface area contributed by atoms with Gasteiger partial charge in [0.1, 0.15) is 10.8 Å². The lowest BCUT2D eigenvalue weighted by Gasteiger charge is -2.36. The van der Waals surface area contributed by atoms with Crippen LogP contribution in [0.15, 0.2) is 5.38 Å². The summed E-state index contributed by atoms with van der Waals surface area (Å²) in [5, 5.41) is 7.68. The van der Waals surface area contributed by atoms with Crippen LogP contribution in [-0.2, 0) is 4.74 Å². The zero-order valence-corrected chi connectivity index (χ0v) is 14.1. The fourth-order valence-electron chi connectivity index (χ4n) is 2.67. The van der Waals surface area contributed by atoms with Crippen molar-refractivity contribution in [2.75, 3.05) is 17.7 Å². The highest BCUT2D eigenvalue weighted by molar-refractivity contribution is 7.11. The van der Waals surface area contributed by atoms with Crippen molar-refractivity contribution < 1.29 is 4.74 Å². The number of nitrogens with zero attached hydrogens (tertiary/aromatic N) is 2. The van der Waals surface area contributed by atoms with E-state index in [0.29, 0.717) is 11.9 Å². The molecule has 3 N–H and O–H groups in total. The van der Waals surface area contributed by atoms with Gasteiger partial charge in [-0.1, -0.05) is 0 Å². The molecule has 0 saturated carbocycles. The van der Waals surface area contributed by atoms with Crippen LogP contribution in [0.4, 0.5) is 10.8 Å². The van der Waals surface area contributed by atoms with Gasteiger partial charge in [0.2, 0.25) is 0 Å². The van der Waals surface area contributed by atoms with Gasteiger partial charge in [-0.2, -0.15) is 4.37 Å². The van der Waals surface area contributed by atoms with Gasteiger partial charge in [0.05, 0.1) is 21.9 Å². The maximum Gasteiger partial charge on any atom is 0.148 e. The van der Waals surface area contributed by atoms with Gasteiger partial charge in [0.15, 0.2) is 0 Å². The van der Waals surface area contributed by atoms with Crippen molar-refractivity contribution in [2.45, 2.75) is 45.3 Å². The van der Waals surface area contributed by atoms with Crippen LogP contribution in [-0.4, -0.2) is 27.6 Å². The third kappa shape index (κ3) is 3.20. The number of nitrogens with one attached hydrogen (secondary N) is 1. The number of thiazole rings is 1. The van der Waals surface area contributed by atoms with Crippen molar-refractivity contribution >= 4 is 33.7 Å². The first-order chi connectivity index (χ1) is 9.94. The molecule has 21 heavy (non-hydrogen) atoms. The van der Waals surface area contributed by atoms with E-state index in [-0.39, 0.29) is 5.60 Å². The summed E-state index contributed by atoms with van der Waals surface area (Å²) >= 11 is 3.04. The molecule has 7 heteroatoms. The fraction of sp³-hybridized carbons (Fsp3) is 0.571. The monoisotopic (exact) mass is 324 g/mol. The van der Waals surface area contributed by atoms with Crippen LogP contribution in [0, 0.1) is 6.92 Å². The van der Waals surface area contributed by atoms with E-state index in [1.165, 1.54) is 11.5 Å². The van der Waals surface area contributed by atoms with Gasteiger partial charge in [-0.05, 0) is 45.1 Å². The van der Waals surface area contributed by atoms with E-state index in [1.807, 2.05) is 12.3 Å². The summed E-state index contributed by atoms with van der Waals surface area (Å²) in [6, 6.07) is 0.382. The Morgan fingerprint density at radius 3 is 2.95 bits per heavy atom. The van der Waals surface area contributed by atoms with Crippen LogP contribution in [0.5, 0.6) is 0 Å². The highest BCUT2D eigenvalue weighted by atomic mass is 32.1. The number of rotatable bonds is 3. The standard InChI is InChI=1S/C14H20N4OS2/c1-8-16-10(7-20-8)11-12(15)18-21-13(11)17-9-4-5-19-14(2,3)6-9/h7,9,17H,4-6H2,1-3H3,(H2,15,18). The molecule has 0 radical (unpaired) electrons. The Kier molecular flexibility index (Phi) is 3.90. The Labute approximate surface area is 132 Å². The van der Waals surface area contributed by atoms with Crippen LogP contribution in [0.3, 0.4) is 0 Å². The normalized spacial score (nSPS) is 21.4. The van der Waals surface area contributed by atoms with E-state index in [2.05, 4.69) is 28.5 Å². The second-order valence-electron chi connectivity index (χ2n) is 5.97. The first-order valence-corrected chi connectivity index (χ1v) is 8.68. The number of nitrogen functional groups attached to an aromatic ring is 1. The third-order valence-electron chi connectivity index (χ3n) is 3.63. The molecule has 1 aliphatic rings. The smallest absolute Gasteiger partial charge is 0.148 e. The molecule has 1 aliphatic heterocycles. The number of aromatic nitrogens is 2. The van der Waals surface area contributed by atoms with Gasteiger partial charge in [-0.3, -0.25) is 0 Å². The van der Waals surface area contributed by atoms with E-state index < -0.39 is 0 Å².